The number of methoxy groups -OCH3 is 2. The molecule has 1 rings (SSSR count). The number of hydrogen-bond acceptors (Lipinski definition) is 4. The number of alkyl halides is 5. The molecule has 0 saturated heterocycles. The summed E-state index contributed by atoms with van der Waals surface area (Å²) in [6.45, 7) is 0. The number of pyridine rings is 1. The zero-order valence-electron chi connectivity index (χ0n) is 10.4. The summed E-state index contributed by atoms with van der Waals surface area (Å²) in [5, 5.41) is 0. The van der Waals surface area contributed by atoms with E-state index in [1.807, 2.05) is 0 Å². The first-order valence-corrected chi connectivity index (χ1v) is 5.20. The van der Waals surface area contributed by atoms with Crippen molar-refractivity contribution in [2.24, 2.45) is 0 Å². The lowest BCUT2D eigenvalue weighted by molar-refractivity contribution is -0.141. The Morgan fingerprint density at radius 3 is 2.35 bits per heavy atom. The summed E-state index contributed by atoms with van der Waals surface area (Å²) < 4.78 is 72.4. The third-order valence-electron chi connectivity index (χ3n) is 2.37. The normalized spacial score (nSPS) is 11.6. The van der Waals surface area contributed by atoms with E-state index in [9.17, 15) is 26.7 Å². The van der Waals surface area contributed by atoms with Gasteiger partial charge in [0.25, 0.3) is 6.43 Å². The Labute approximate surface area is 110 Å². The molecule has 0 amide bonds. The standard InChI is InChI=1S/C11H10F5NO3/c1-19-7(18)4-5-3-6(11(14,15)16)10(20-2)17-8(5)9(12)13/h3,9H,4H2,1-2H3. The van der Waals surface area contributed by atoms with E-state index in [1.165, 1.54) is 0 Å². The third-order valence-corrected chi connectivity index (χ3v) is 2.37. The van der Waals surface area contributed by atoms with Gasteiger partial charge in [0.2, 0.25) is 5.88 Å². The lowest BCUT2D eigenvalue weighted by atomic mass is 10.1. The van der Waals surface area contributed by atoms with Crippen molar-refractivity contribution in [3.05, 3.63) is 22.9 Å². The highest BCUT2D eigenvalue weighted by Crippen LogP contribution is 2.38. The van der Waals surface area contributed by atoms with Crippen molar-refractivity contribution >= 4 is 5.97 Å². The predicted octanol–water partition coefficient (Wildman–Crippen LogP) is 2.76. The Hall–Kier alpha value is -1.93. The molecule has 0 aliphatic heterocycles. The van der Waals surface area contributed by atoms with Gasteiger partial charge >= 0.3 is 12.1 Å². The maximum Gasteiger partial charge on any atom is 0.421 e. The van der Waals surface area contributed by atoms with Crippen LogP contribution in [0.2, 0.25) is 0 Å². The van der Waals surface area contributed by atoms with Gasteiger partial charge < -0.3 is 9.47 Å². The number of carbonyl (C=O) groups excluding carboxylic acids is 1. The number of halogens is 5. The van der Waals surface area contributed by atoms with Crippen LogP contribution in [0.15, 0.2) is 6.07 Å². The van der Waals surface area contributed by atoms with E-state index in [1.54, 1.807) is 0 Å². The molecule has 0 radical (unpaired) electrons. The second kappa shape index (κ2) is 6.02. The van der Waals surface area contributed by atoms with Gasteiger partial charge in [-0.3, -0.25) is 4.79 Å². The van der Waals surface area contributed by atoms with E-state index in [0.29, 0.717) is 6.07 Å². The summed E-state index contributed by atoms with van der Waals surface area (Å²) in [7, 11) is 1.87. The first-order chi connectivity index (χ1) is 9.20. The minimum absolute atomic E-state index is 0.421. The Morgan fingerprint density at radius 1 is 1.35 bits per heavy atom. The van der Waals surface area contributed by atoms with Crippen LogP contribution in [0.25, 0.3) is 0 Å². The number of carbonyl (C=O) groups is 1. The van der Waals surface area contributed by atoms with Crippen LogP contribution in [0.4, 0.5) is 22.0 Å². The summed E-state index contributed by atoms with van der Waals surface area (Å²) in [6.07, 6.45) is -8.73. The quantitative estimate of drug-likeness (QED) is 0.633. The van der Waals surface area contributed by atoms with Gasteiger partial charge in [0.1, 0.15) is 11.3 Å². The van der Waals surface area contributed by atoms with E-state index >= 15 is 0 Å². The summed E-state index contributed by atoms with van der Waals surface area (Å²) in [5.74, 6) is -1.92. The van der Waals surface area contributed by atoms with Gasteiger partial charge in [-0.25, -0.2) is 13.8 Å². The molecule has 1 heterocycles. The van der Waals surface area contributed by atoms with E-state index < -0.39 is 47.7 Å². The number of rotatable bonds is 4. The molecule has 0 saturated carbocycles. The number of esters is 1. The number of ether oxygens (including phenoxy) is 2. The summed E-state index contributed by atoms with van der Waals surface area (Å²) in [5.41, 5.74) is -2.83. The molecule has 1 aromatic rings. The highest BCUT2D eigenvalue weighted by atomic mass is 19.4. The molecule has 0 aliphatic carbocycles. The fourth-order valence-corrected chi connectivity index (χ4v) is 1.47. The van der Waals surface area contributed by atoms with Gasteiger partial charge in [0.05, 0.1) is 20.6 Å². The molecular weight excluding hydrogens is 289 g/mol. The van der Waals surface area contributed by atoms with Crippen LogP contribution < -0.4 is 4.74 Å². The summed E-state index contributed by atoms with van der Waals surface area (Å²) in [4.78, 5) is 14.2. The topological polar surface area (TPSA) is 48.4 Å². The Balaban J connectivity index is 3.42. The van der Waals surface area contributed by atoms with Crippen LogP contribution in [0.3, 0.4) is 0 Å². The molecule has 1 aromatic heterocycles. The van der Waals surface area contributed by atoms with Crippen LogP contribution in [0.1, 0.15) is 23.2 Å². The number of nitrogens with zero attached hydrogens (tertiary/aromatic N) is 1. The van der Waals surface area contributed by atoms with Gasteiger partial charge in [-0.1, -0.05) is 0 Å². The highest BCUT2D eigenvalue weighted by molar-refractivity contribution is 5.73. The first kappa shape index (κ1) is 16.1. The highest BCUT2D eigenvalue weighted by Gasteiger charge is 2.37. The molecule has 0 aromatic carbocycles. The second-order valence-electron chi connectivity index (χ2n) is 3.64. The Bertz CT molecular complexity index is 502. The molecule has 0 fully saturated rings. The summed E-state index contributed by atoms with van der Waals surface area (Å²) in [6, 6.07) is 0.421. The van der Waals surface area contributed by atoms with E-state index in [-0.39, 0.29) is 0 Å². The predicted molar refractivity (Wildman–Crippen MR) is 56.5 cm³/mol. The smallest absolute Gasteiger partial charge is 0.421 e. The molecule has 0 aliphatic rings. The molecule has 0 atom stereocenters. The van der Waals surface area contributed by atoms with Gasteiger partial charge in [-0.05, 0) is 11.6 Å². The molecule has 0 unspecified atom stereocenters. The molecule has 20 heavy (non-hydrogen) atoms. The van der Waals surface area contributed by atoms with Gasteiger partial charge in [-0.15, -0.1) is 0 Å². The van der Waals surface area contributed by atoms with Gasteiger partial charge in [-0.2, -0.15) is 13.2 Å². The lowest BCUT2D eigenvalue weighted by Gasteiger charge is -2.15. The molecule has 9 heteroatoms. The van der Waals surface area contributed by atoms with Crippen molar-refractivity contribution in [2.75, 3.05) is 14.2 Å². The second-order valence-corrected chi connectivity index (χ2v) is 3.64. The van der Waals surface area contributed by atoms with Crippen LogP contribution in [0, 0.1) is 0 Å². The number of aromatic nitrogens is 1. The van der Waals surface area contributed by atoms with Crippen molar-refractivity contribution in [1.29, 1.82) is 0 Å². The van der Waals surface area contributed by atoms with E-state index in [0.717, 1.165) is 14.2 Å². The van der Waals surface area contributed by atoms with Crippen LogP contribution in [0.5, 0.6) is 5.88 Å². The third kappa shape index (κ3) is 3.55. The van der Waals surface area contributed by atoms with Gasteiger partial charge in [0.15, 0.2) is 0 Å². The minimum atomic E-state index is -4.84. The molecule has 0 bridgehead atoms. The zero-order chi connectivity index (χ0) is 15.5. The average Bonchev–Trinajstić information content (AvgIpc) is 2.36. The average molecular weight is 299 g/mol. The van der Waals surface area contributed by atoms with Crippen LogP contribution in [-0.4, -0.2) is 25.2 Å². The minimum Gasteiger partial charge on any atom is -0.481 e. The fourth-order valence-electron chi connectivity index (χ4n) is 1.47. The molecule has 112 valence electrons. The lowest BCUT2D eigenvalue weighted by Crippen LogP contribution is -2.15. The molecule has 0 spiro atoms. The molecular formula is C11H10F5NO3. The first-order valence-electron chi connectivity index (χ1n) is 5.20. The number of hydrogen-bond donors (Lipinski definition) is 0. The monoisotopic (exact) mass is 299 g/mol. The maximum absolute atomic E-state index is 12.8. The largest absolute Gasteiger partial charge is 0.481 e. The molecule has 4 nitrogen and oxygen atoms in total. The van der Waals surface area contributed by atoms with Crippen molar-refractivity contribution < 1.29 is 36.2 Å². The Morgan fingerprint density at radius 2 is 1.95 bits per heavy atom. The van der Waals surface area contributed by atoms with Crippen molar-refractivity contribution in [1.82, 2.24) is 4.98 Å². The van der Waals surface area contributed by atoms with Crippen molar-refractivity contribution in [3.8, 4) is 5.88 Å². The van der Waals surface area contributed by atoms with Gasteiger partial charge in [0, 0.05) is 0 Å². The van der Waals surface area contributed by atoms with E-state index in [2.05, 4.69) is 14.5 Å². The zero-order valence-corrected chi connectivity index (χ0v) is 10.4. The Kier molecular flexibility index (Phi) is 4.85. The fraction of sp³-hybridized carbons (Fsp3) is 0.455. The van der Waals surface area contributed by atoms with Crippen molar-refractivity contribution in [3.63, 3.8) is 0 Å². The summed E-state index contributed by atoms with van der Waals surface area (Å²) >= 11 is 0. The van der Waals surface area contributed by atoms with Crippen LogP contribution >= 0.6 is 0 Å². The van der Waals surface area contributed by atoms with Crippen LogP contribution in [-0.2, 0) is 22.1 Å². The maximum atomic E-state index is 12.8. The van der Waals surface area contributed by atoms with Crippen molar-refractivity contribution in [2.45, 2.75) is 19.0 Å². The SMILES string of the molecule is COC(=O)Cc1cc(C(F)(F)F)c(OC)nc1C(F)F. The molecule has 0 N–H and O–H groups in total. The van der Waals surface area contributed by atoms with E-state index in [4.69, 9.17) is 0 Å².